The van der Waals surface area contributed by atoms with Crippen LogP contribution in [0.1, 0.15) is 98.3 Å². The molecule has 122 valence electrons. The zero-order valence-corrected chi connectivity index (χ0v) is 14.8. The molecule has 0 atom stereocenters. The Balaban J connectivity index is 2.96. The fraction of sp³-hybridized carbons (Fsp3) is 1.00. The van der Waals surface area contributed by atoms with E-state index in [-0.39, 0.29) is 0 Å². The van der Waals surface area contributed by atoms with E-state index in [1.54, 1.807) is 0 Å². The normalized spacial score (nSPS) is 11.7. The molecule has 20 heavy (non-hydrogen) atoms. The van der Waals surface area contributed by atoms with E-state index in [9.17, 15) is 0 Å². The average Bonchev–Trinajstić information content (AvgIpc) is 2.38. The highest BCUT2D eigenvalue weighted by Crippen LogP contribution is 2.13. The molecule has 0 aliphatic rings. The molecule has 0 aliphatic carbocycles. The molecule has 0 aliphatic heterocycles. The molecule has 1 heteroatoms. The van der Waals surface area contributed by atoms with Crippen molar-refractivity contribution in [1.29, 1.82) is 0 Å². The Labute approximate surface area is 128 Å². The van der Waals surface area contributed by atoms with Gasteiger partial charge in [-0.1, -0.05) is 91.9 Å². The van der Waals surface area contributed by atoms with Crippen molar-refractivity contribution in [2.75, 3.05) is 13.2 Å². The van der Waals surface area contributed by atoms with Gasteiger partial charge in [0.25, 0.3) is 0 Å². The first-order chi connectivity index (χ1) is 9.63. The Bertz CT molecular complexity index is 155. The number of rotatable bonds is 15. The van der Waals surface area contributed by atoms with Crippen LogP contribution >= 0.6 is 0 Å². The van der Waals surface area contributed by atoms with Gasteiger partial charge in [0, 0.05) is 13.2 Å². The van der Waals surface area contributed by atoms with Crippen LogP contribution in [-0.4, -0.2) is 13.2 Å². The van der Waals surface area contributed by atoms with Crippen molar-refractivity contribution in [3.8, 4) is 0 Å². The van der Waals surface area contributed by atoms with E-state index in [2.05, 4.69) is 27.7 Å². The maximum Gasteiger partial charge on any atom is 0.0488 e. The Kier molecular flexibility index (Phi) is 15.3. The molecule has 1 nitrogen and oxygen atoms in total. The Morgan fingerprint density at radius 1 is 0.550 bits per heavy atom. The smallest absolute Gasteiger partial charge is 0.0488 e. The van der Waals surface area contributed by atoms with Gasteiger partial charge in [0.15, 0.2) is 0 Å². The van der Waals surface area contributed by atoms with Crippen LogP contribution in [0, 0.1) is 11.8 Å². The van der Waals surface area contributed by atoms with Crippen molar-refractivity contribution < 1.29 is 4.74 Å². The summed E-state index contributed by atoms with van der Waals surface area (Å²) in [7, 11) is 0. The van der Waals surface area contributed by atoms with Gasteiger partial charge in [-0.05, 0) is 18.3 Å². The van der Waals surface area contributed by atoms with Crippen molar-refractivity contribution in [3.63, 3.8) is 0 Å². The number of unbranched alkanes of at least 4 members (excludes halogenated alkanes) is 9. The van der Waals surface area contributed by atoms with Crippen LogP contribution in [0.25, 0.3) is 0 Å². The van der Waals surface area contributed by atoms with Crippen LogP contribution in [0.5, 0.6) is 0 Å². The van der Waals surface area contributed by atoms with Gasteiger partial charge in [-0.25, -0.2) is 0 Å². The van der Waals surface area contributed by atoms with Gasteiger partial charge in [0.05, 0.1) is 0 Å². The average molecular weight is 285 g/mol. The third kappa shape index (κ3) is 18.0. The molecular formula is C19H40O. The molecule has 0 unspecified atom stereocenters. The summed E-state index contributed by atoms with van der Waals surface area (Å²) in [6.07, 6.45) is 15.5. The Hall–Kier alpha value is -0.0400. The summed E-state index contributed by atoms with van der Waals surface area (Å²) in [4.78, 5) is 0. The quantitative estimate of drug-likeness (QED) is 0.308. The zero-order chi connectivity index (χ0) is 15.1. The molecule has 0 radical (unpaired) electrons. The first kappa shape index (κ1) is 20.0. The van der Waals surface area contributed by atoms with Crippen LogP contribution in [0.4, 0.5) is 0 Å². The van der Waals surface area contributed by atoms with Crippen LogP contribution in [0.15, 0.2) is 0 Å². The fourth-order valence-corrected chi connectivity index (χ4v) is 2.49. The molecule has 0 aromatic heterocycles. The maximum atomic E-state index is 5.59. The monoisotopic (exact) mass is 284 g/mol. The lowest BCUT2D eigenvalue weighted by Crippen LogP contribution is -2.02. The maximum absolute atomic E-state index is 5.59. The molecule has 0 fully saturated rings. The first-order valence-corrected chi connectivity index (χ1v) is 9.20. The van der Waals surface area contributed by atoms with E-state index in [0.717, 1.165) is 19.1 Å². The fourth-order valence-electron chi connectivity index (χ4n) is 2.49. The third-order valence-electron chi connectivity index (χ3n) is 3.77. The summed E-state index contributed by atoms with van der Waals surface area (Å²) in [5.41, 5.74) is 0. The predicted molar refractivity (Wildman–Crippen MR) is 91.3 cm³/mol. The summed E-state index contributed by atoms with van der Waals surface area (Å²) in [6, 6.07) is 0. The second kappa shape index (κ2) is 15.4. The molecular weight excluding hydrogens is 244 g/mol. The van der Waals surface area contributed by atoms with Gasteiger partial charge < -0.3 is 4.74 Å². The largest absolute Gasteiger partial charge is 0.381 e. The molecule has 0 heterocycles. The van der Waals surface area contributed by atoms with Gasteiger partial charge in [-0.3, -0.25) is 0 Å². The van der Waals surface area contributed by atoms with Gasteiger partial charge in [-0.2, -0.15) is 0 Å². The van der Waals surface area contributed by atoms with E-state index in [1.165, 1.54) is 70.6 Å². The van der Waals surface area contributed by atoms with Crippen molar-refractivity contribution in [1.82, 2.24) is 0 Å². The number of ether oxygens (including phenoxy) is 1. The molecule has 0 spiro atoms. The summed E-state index contributed by atoms with van der Waals surface area (Å²) in [5, 5.41) is 0. The van der Waals surface area contributed by atoms with Crippen molar-refractivity contribution >= 4 is 0 Å². The molecule has 0 saturated heterocycles. The van der Waals surface area contributed by atoms with E-state index in [0.29, 0.717) is 5.92 Å². The molecule has 0 rings (SSSR count). The second-order valence-corrected chi connectivity index (χ2v) is 7.19. The van der Waals surface area contributed by atoms with Gasteiger partial charge in [0.2, 0.25) is 0 Å². The summed E-state index contributed by atoms with van der Waals surface area (Å²) < 4.78 is 5.59. The summed E-state index contributed by atoms with van der Waals surface area (Å²) in [5.74, 6) is 1.56. The third-order valence-corrected chi connectivity index (χ3v) is 3.77. The highest BCUT2D eigenvalue weighted by atomic mass is 16.5. The predicted octanol–water partition coefficient (Wildman–Crippen LogP) is 6.61. The minimum absolute atomic E-state index is 0.676. The van der Waals surface area contributed by atoms with Gasteiger partial charge >= 0.3 is 0 Å². The topological polar surface area (TPSA) is 9.23 Å². The highest BCUT2D eigenvalue weighted by Gasteiger charge is 1.96. The Morgan fingerprint density at radius 3 is 1.45 bits per heavy atom. The van der Waals surface area contributed by atoms with Gasteiger partial charge in [0.1, 0.15) is 0 Å². The van der Waals surface area contributed by atoms with Crippen LogP contribution in [0.3, 0.4) is 0 Å². The first-order valence-electron chi connectivity index (χ1n) is 9.20. The van der Waals surface area contributed by atoms with E-state index in [4.69, 9.17) is 4.74 Å². The SMILES string of the molecule is CC(C)CCCCCCCCCCCCOCC(C)C. The summed E-state index contributed by atoms with van der Waals surface area (Å²) >= 11 is 0. The summed E-state index contributed by atoms with van der Waals surface area (Å²) in [6.45, 7) is 11.0. The lowest BCUT2D eigenvalue weighted by Gasteiger charge is -2.06. The molecule has 0 amide bonds. The van der Waals surface area contributed by atoms with Crippen molar-refractivity contribution in [3.05, 3.63) is 0 Å². The minimum atomic E-state index is 0.676. The van der Waals surface area contributed by atoms with E-state index >= 15 is 0 Å². The lowest BCUT2D eigenvalue weighted by atomic mass is 10.0. The molecule has 0 saturated carbocycles. The number of hydrogen-bond acceptors (Lipinski definition) is 1. The number of hydrogen-bond donors (Lipinski definition) is 0. The highest BCUT2D eigenvalue weighted by molar-refractivity contribution is 4.50. The van der Waals surface area contributed by atoms with Crippen LogP contribution in [-0.2, 0) is 4.74 Å². The molecule has 0 bridgehead atoms. The second-order valence-electron chi connectivity index (χ2n) is 7.19. The van der Waals surface area contributed by atoms with Crippen molar-refractivity contribution in [2.45, 2.75) is 98.3 Å². The van der Waals surface area contributed by atoms with Gasteiger partial charge in [-0.15, -0.1) is 0 Å². The molecule has 0 N–H and O–H groups in total. The lowest BCUT2D eigenvalue weighted by molar-refractivity contribution is 0.106. The van der Waals surface area contributed by atoms with Crippen molar-refractivity contribution in [2.24, 2.45) is 11.8 Å². The molecule has 0 aromatic rings. The standard InChI is InChI=1S/C19H40O/c1-18(2)15-13-11-9-7-5-6-8-10-12-14-16-20-17-19(3)4/h18-19H,5-17H2,1-4H3. The zero-order valence-electron chi connectivity index (χ0n) is 14.8. The van der Waals surface area contributed by atoms with Crippen LogP contribution < -0.4 is 0 Å². The van der Waals surface area contributed by atoms with E-state index in [1.807, 2.05) is 0 Å². The van der Waals surface area contributed by atoms with E-state index < -0.39 is 0 Å². The minimum Gasteiger partial charge on any atom is -0.381 e. The Morgan fingerprint density at radius 2 is 1.00 bits per heavy atom. The van der Waals surface area contributed by atoms with Crippen LogP contribution in [0.2, 0.25) is 0 Å². The molecule has 0 aromatic carbocycles.